The quantitative estimate of drug-likeness (QED) is 0.607. The Morgan fingerprint density at radius 1 is 1.18 bits per heavy atom. The number of benzene rings is 2. The number of ether oxygens (including phenoxy) is 1. The lowest BCUT2D eigenvalue weighted by molar-refractivity contribution is 0.336. The van der Waals surface area contributed by atoms with Gasteiger partial charge in [0.25, 0.3) is 5.56 Å². The SMILES string of the molecule is Cc1ccccc1-n1ccnc(NC2(c3ccccc3OCCCl)CC2)c1=O. The molecule has 3 aromatic rings. The van der Waals surface area contributed by atoms with Gasteiger partial charge in [-0.05, 0) is 37.5 Å². The normalized spacial score (nSPS) is 14.5. The van der Waals surface area contributed by atoms with Crippen molar-refractivity contribution in [3.05, 3.63) is 82.4 Å². The maximum Gasteiger partial charge on any atom is 0.297 e. The molecule has 6 heteroatoms. The molecule has 144 valence electrons. The van der Waals surface area contributed by atoms with E-state index in [2.05, 4.69) is 10.3 Å². The molecule has 1 aromatic heterocycles. The van der Waals surface area contributed by atoms with Gasteiger partial charge >= 0.3 is 0 Å². The number of nitrogens with zero attached hydrogens (tertiary/aromatic N) is 2. The van der Waals surface area contributed by atoms with Crippen LogP contribution >= 0.6 is 11.6 Å². The third-order valence-corrected chi connectivity index (χ3v) is 5.22. The zero-order chi connectivity index (χ0) is 19.6. The van der Waals surface area contributed by atoms with Gasteiger partial charge in [-0.25, -0.2) is 4.98 Å². The number of anilines is 1. The van der Waals surface area contributed by atoms with Crippen molar-refractivity contribution in [2.45, 2.75) is 25.3 Å². The number of para-hydroxylation sites is 2. The van der Waals surface area contributed by atoms with E-state index < -0.39 is 0 Å². The molecule has 1 fully saturated rings. The van der Waals surface area contributed by atoms with Crippen LogP contribution < -0.4 is 15.6 Å². The zero-order valence-corrected chi connectivity index (χ0v) is 16.4. The molecule has 0 amide bonds. The Bertz CT molecular complexity index is 1040. The molecule has 0 spiro atoms. The number of halogens is 1. The topological polar surface area (TPSA) is 56.1 Å². The first-order chi connectivity index (χ1) is 13.6. The number of aryl methyl sites for hydroxylation is 1. The lowest BCUT2D eigenvalue weighted by atomic mass is 10.0. The Labute approximate surface area is 169 Å². The average molecular weight is 396 g/mol. The fraction of sp³-hybridized carbons (Fsp3) is 0.273. The van der Waals surface area contributed by atoms with Gasteiger partial charge < -0.3 is 10.1 Å². The van der Waals surface area contributed by atoms with Crippen molar-refractivity contribution in [1.29, 1.82) is 0 Å². The van der Waals surface area contributed by atoms with Crippen molar-refractivity contribution >= 4 is 17.4 Å². The number of rotatable bonds is 7. The van der Waals surface area contributed by atoms with Gasteiger partial charge in [-0.2, -0.15) is 0 Å². The van der Waals surface area contributed by atoms with E-state index in [9.17, 15) is 4.79 Å². The largest absolute Gasteiger partial charge is 0.492 e. The summed E-state index contributed by atoms with van der Waals surface area (Å²) in [5.74, 6) is 1.56. The highest BCUT2D eigenvalue weighted by Gasteiger charge is 2.47. The fourth-order valence-corrected chi connectivity index (χ4v) is 3.55. The van der Waals surface area contributed by atoms with Gasteiger partial charge in [-0.3, -0.25) is 9.36 Å². The maximum atomic E-state index is 13.1. The van der Waals surface area contributed by atoms with Gasteiger partial charge in [0.2, 0.25) is 0 Å². The molecule has 1 N–H and O–H groups in total. The number of alkyl halides is 1. The number of nitrogens with one attached hydrogen (secondary N) is 1. The van der Waals surface area contributed by atoms with E-state index in [1.54, 1.807) is 17.0 Å². The molecule has 2 aromatic carbocycles. The van der Waals surface area contributed by atoms with Gasteiger partial charge in [0.1, 0.15) is 12.4 Å². The van der Waals surface area contributed by atoms with E-state index in [1.165, 1.54) is 0 Å². The predicted octanol–water partition coefficient (Wildman–Crippen LogP) is 4.26. The molecule has 0 radical (unpaired) electrons. The van der Waals surface area contributed by atoms with Gasteiger partial charge in [0.05, 0.1) is 17.1 Å². The molecule has 0 saturated heterocycles. The summed E-state index contributed by atoms with van der Waals surface area (Å²) in [6.45, 7) is 2.43. The summed E-state index contributed by atoms with van der Waals surface area (Å²) < 4.78 is 7.45. The van der Waals surface area contributed by atoms with Crippen molar-refractivity contribution in [3.63, 3.8) is 0 Å². The molecule has 5 nitrogen and oxygen atoms in total. The van der Waals surface area contributed by atoms with Crippen LogP contribution in [0.25, 0.3) is 5.69 Å². The Morgan fingerprint density at radius 2 is 1.93 bits per heavy atom. The molecular weight excluding hydrogens is 374 g/mol. The van der Waals surface area contributed by atoms with E-state index in [4.69, 9.17) is 16.3 Å². The Morgan fingerprint density at radius 3 is 2.68 bits per heavy atom. The number of hydrogen-bond acceptors (Lipinski definition) is 4. The van der Waals surface area contributed by atoms with Crippen molar-refractivity contribution in [2.24, 2.45) is 0 Å². The smallest absolute Gasteiger partial charge is 0.297 e. The predicted molar refractivity (Wildman–Crippen MR) is 112 cm³/mol. The minimum absolute atomic E-state index is 0.165. The van der Waals surface area contributed by atoms with Crippen LogP contribution in [0.3, 0.4) is 0 Å². The zero-order valence-electron chi connectivity index (χ0n) is 15.7. The highest BCUT2D eigenvalue weighted by atomic mass is 35.5. The van der Waals surface area contributed by atoms with E-state index in [0.29, 0.717) is 18.3 Å². The van der Waals surface area contributed by atoms with Crippen LogP contribution in [0.4, 0.5) is 5.82 Å². The molecule has 0 unspecified atom stereocenters. The summed E-state index contributed by atoms with van der Waals surface area (Å²) >= 11 is 5.78. The minimum atomic E-state index is -0.333. The first kappa shape index (κ1) is 18.6. The molecule has 4 rings (SSSR count). The van der Waals surface area contributed by atoms with Gasteiger partial charge in [-0.15, -0.1) is 11.6 Å². The van der Waals surface area contributed by atoms with Gasteiger partial charge in [-0.1, -0.05) is 36.4 Å². The van der Waals surface area contributed by atoms with E-state index >= 15 is 0 Å². The molecule has 1 heterocycles. The van der Waals surface area contributed by atoms with Gasteiger partial charge in [0.15, 0.2) is 5.82 Å². The Hall–Kier alpha value is -2.79. The monoisotopic (exact) mass is 395 g/mol. The van der Waals surface area contributed by atoms with Crippen molar-refractivity contribution in [2.75, 3.05) is 17.8 Å². The average Bonchev–Trinajstić information content (AvgIpc) is 3.49. The summed E-state index contributed by atoms with van der Waals surface area (Å²) in [6, 6.07) is 15.7. The van der Waals surface area contributed by atoms with Crippen LogP contribution in [0, 0.1) is 6.92 Å². The van der Waals surface area contributed by atoms with E-state index in [1.807, 2.05) is 55.5 Å². The van der Waals surface area contributed by atoms with Crippen molar-refractivity contribution in [3.8, 4) is 11.4 Å². The van der Waals surface area contributed by atoms with Crippen LogP contribution in [0.5, 0.6) is 5.75 Å². The second-order valence-corrected chi connectivity index (χ2v) is 7.36. The molecule has 1 aliphatic carbocycles. The van der Waals surface area contributed by atoms with Gasteiger partial charge in [0, 0.05) is 18.0 Å². The molecule has 0 bridgehead atoms. The molecule has 0 aliphatic heterocycles. The molecule has 1 saturated carbocycles. The first-order valence-corrected chi connectivity index (χ1v) is 9.88. The second-order valence-electron chi connectivity index (χ2n) is 6.98. The molecule has 28 heavy (non-hydrogen) atoms. The number of hydrogen-bond donors (Lipinski definition) is 1. The Balaban J connectivity index is 1.68. The van der Waals surface area contributed by atoms with Crippen molar-refractivity contribution < 1.29 is 4.74 Å². The van der Waals surface area contributed by atoms with E-state index in [-0.39, 0.29) is 11.1 Å². The standard InChI is InChI=1S/C22H22ClN3O2/c1-16-6-2-4-8-18(16)26-14-13-24-20(21(26)27)25-22(10-11-22)17-7-3-5-9-19(17)28-15-12-23/h2-9,13-14H,10-12,15H2,1H3,(H,24,25). The third-order valence-electron chi connectivity index (χ3n) is 5.06. The van der Waals surface area contributed by atoms with E-state index in [0.717, 1.165) is 35.4 Å². The highest BCUT2D eigenvalue weighted by Crippen LogP contribution is 2.50. The first-order valence-electron chi connectivity index (χ1n) is 9.35. The summed E-state index contributed by atoms with van der Waals surface area (Å²) in [7, 11) is 0. The Kier molecular flexibility index (Phi) is 5.09. The maximum absolute atomic E-state index is 13.1. The second kappa shape index (κ2) is 7.68. The van der Waals surface area contributed by atoms with Crippen LogP contribution in [0.1, 0.15) is 24.0 Å². The lowest BCUT2D eigenvalue weighted by Gasteiger charge is -2.22. The molecule has 0 atom stereocenters. The van der Waals surface area contributed by atoms with Crippen LogP contribution in [-0.2, 0) is 5.54 Å². The molecule has 1 aliphatic rings. The van der Waals surface area contributed by atoms with Crippen molar-refractivity contribution in [1.82, 2.24) is 9.55 Å². The summed E-state index contributed by atoms with van der Waals surface area (Å²) in [6.07, 6.45) is 5.18. The van der Waals surface area contributed by atoms with Crippen LogP contribution in [0.15, 0.2) is 65.7 Å². The molecular formula is C22H22ClN3O2. The fourth-order valence-electron chi connectivity index (χ4n) is 3.47. The summed E-state index contributed by atoms with van der Waals surface area (Å²) in [4.78, 5) is 17.4. The number of aromatic nitrogens is 2. The highest BCUT2D eigenvalue weighted by molar-refractivity contribution is 6.18. The lowest BCUT2D eigenvalue weighted by Crippen LogP contribution is -2.29. The van der Waals surface area contributed by atoms with Crippen LogP contribution in [-0.4, -0.2) is 22.0 Å². The minimum Gasteiger partial charge on any atom is -0.492 e. The summed E-state index contributed by atoms with van der Waals surface area (Å²) in [5, 5.41) is 3.40. The summed E-state index contributed by atoms with van der Waals surface area (Å²) in [5.41, 5.74) is 2.42. The van der Waals surface area contributed by atoms with Crippen LogP contribution in [0.2, 0.25) is 0 Å². The third kappa shape index (κ3) is 3.50.